The van der Waals surface area contributed by atoms with Crippen molar-refractivity contribution in [3.63, 3.8) is 0 Å². The fraction of sp³-hybridized carbons (Fsp3) is 0.571. The maximum atomic E-state index is 5.88. The highest BCUT2D eigenvalue weighted by Crippen LogP contribution is 2.27. The molecule has 2 rings (SSSR count). The van der Waals surface area contributed by atoms with Gasteiger partial charge in [-0.1, -0.05) is 32.9 Å². The second-order valence-electron chi connectivity index (χ2n) is 5.05. The van der Waals surface area contributed by atoms with Gasteiger partial charge in [-0.05, 0) is 47.6 Å². The van der Waals surface area contributed by atoms with Crippen molar-refractivity contribution in [1.29, 1.82) is 0 Å². The van der Waals surface area contributed by atoms with Gasteiger partial charge in [0.2, 0.25) is 0 Å². The van der Waals surface area contributed by atoms with Crippen molar-refractivity contribution in [2.45, 2.75) is 46.1 Å². The summed E-state index contributed by atoms with van der Waals surface area (Å²) in [7, 11) is 5.88. The average Bonchev–Trinajstić information content (AvgIpc) is 2.27. The summed E-state index contributed by atoms with van der Waals surface area (Å²) in [6.45, 7) is 8.66. The lowest BCUT2D eigenvalue weighted by atomic mass is 9.87. The lowest BCUT2D eigenvalue weighted by Gasteiger charge is -2.27. The number of benzene rings is 1. The molecule has 1 aromatic carbocycles. The monoisotopic (exact) mass is 213 g/mol. The van der Waals surface area contributed by atoms with Gasteiger partial charge in [0.05, 0.1) is 0 Å². The van der Waals surface area contributed by atoms with Gasteiger partial charge in [-0.2, -0.15) is 0 Å². The Balaban J connectivity index is 2.44. The summed E-state index contributed by atoms with van der Waals surface area (Å²) in [5.41, 5.74) is 5.94. The molecule has 0 N–H and O–H groups in total. The van der Waals surface area contributed by atoms with E-state index < -0.39 is 0 Å². The molecule has 0 aliphatic carbocycles. The van der Waals surface area contributed by atoms with Crippen molar-refractivity contribution < 1.29 is 0 Å². The first-order chi connectivity index (χ1) is 7.61. The van der Waals surface area contributed by atoms with Crippen molar-refractivity contribution in [3.8, 4) is 0 Å². The molecule has 2 heteroatoms. The van der Waals surface area contributed by atoms with E-state index in [9.17, 15) is 0 Å². The van der Waals surface area contributed by atoms with E-state index in [4.69, 9.17) is 7.98 Å². The number of hydrogen-bond donors (Lipinski definition) is 0. The van der Waals surface area contributed by atoms with Crippen molar-refractivity contribution >= 4 is 7.98 Å². The SMILES string of the molecule is [B]N1CCc2cc(CC)c(C(C)C)cc2C1. The van der Waals surface area contributed by atoms with Gasteiger partial charge in [0.25, 0.3) is 0 Å². The van der Waals surface area contributed by atoms with Crippen LogP contribution < -0.4 is 0 Å². The molecule has 1 nitrogen and oxygen atoms in total. The molecule has 1 heterocycles. The van der Waals surface area contributed by atoms with Gasteiger partial charge in [0.15, 0.2) is 7.98 Å². The Kier molecular flexibility index (Phi) is 3.39. The van der Waals surface area contributed by atoms with Gasteiger partial charge >= 0.3 is 0 Å². The molecule has 1 aromatic rings. The van der Waals surface area contributed by atoms with Gasteiger partial charge < -0.3 is 4.81 Å². The summed E-state index contributed by atoms with van der Waals surface area (Å²) in [6, 6.07) is 4.77. The predicted octanol–water partition coefficient (Wildman–Crippen LogP) is 2.81. The first kappa shape index (κ1) is 11.7. The first-order valence-electron chi connectivity index (χ1n) is 6.26. The largest absolute Gasteiger partial charge is 0.350 e. The molecule has 1 aliphatic heterocycles. The standard InChI is InChI=1S/C14H20BN/c1-4-11-7-12-5-6-16(15)9-13(12)8-14(11)10(2)3/h7-8,10H,4-6,9H2,1-3H3. The number of aryl methyl sites for hydroxylation is 1. The molecule has 2 radical (unpaired) electrons. The zero-order valence-electron chi connectivity index (χ0n) is 10.6. The highest BCUT2D eigenvalue weighted by molar-refractivity contribution is 6.04. The van der Waals surface area contributed by atoms with E-state index in [1.54, 1.807) is 0 Å². The quantitative estimate of drug-likeness (QED) is 0.683. The van der Waals surface area contributed by atoms with Crippen LogP contribution in [-0.4, -0.2) is 19.3 Å². The minimum atomic E-state index is 0.605. The Hall–Kier alpha value is -0.755. The second kappa shape index (κ2) is 4.62. The number of hydrogen-bond acceptors (Lipinski definition) is 1. The smallest absolute Gasteiger partial charge is 0.182 e. The van der Waals surface area contributed by atoms with Crippen LogP contribution >= 0.6 is 0 Å². The average molecular weight is 213 g/mol. The van der Waals surface area contributed by atoms with E-state index in [2.05, 4.69) is 32.9 Å². The van der Waals surface area contributed by atoms with E-state index >= 15 is 0 Å². The minimum Gasteiger partial charge on any atom is -0.350 e. The summed E-state index contributed by atoms with van der Waals surface area (Å²) in [6.07, 6.45) is 2.23. The highest BCUT2D eigenvalue weighted by Gasteiger charge is 2.16. The Labute approximate surface area is 100 Å². The predicted molar refractivity (Wildman–Crippen MR) is 69.8 cm³/mol. The first-order valence-corrected chi connectivity index (χ1v) is 6.26. The molecule has 0 saturated carbocycles. The third-order valence-corrected chi connectivity index (χ3v) is 3.51. The van der Waals surface area contributed by atoms with E-state index in [1.165, 1.54) is 22.3 Å². The molecule has 0 amide bonds. The maximum absolute atomic E-state index is 5.88. The van der Waals surface area contributed by atoms with Gasteiger partial charge in [0, 0.05) is 6.54 Å². The van der Waals surface area contributed by atoms with E-state index in [0.29, 0.717) is 5.92 Å². The molecular weight excluding hydrogens is 193 g/mol. The van der Waals surface area contributed by atoms with Gasteiger partial charge in [0.1, 0.15) is 0 Å². The fourth-order valence-electron chi connectivity index (χ4n) is 2.54. The molecule has 1 aliphatic rings. The molecule has 0 bridgehead atoms. The summed E-state index contributed by atoms with van der Waals surface area (Å²) in [4.78, 5) is 1.91. The summed E-state index contributed by atoms with van der Waals surface area (Å²) < 4.78 is 0. The lowest BCUT2D eigenvalue weighted by molar-refractivity contribution is 0.426. The zero-order valence-corrected chi connectivity index (χ0v) is 10.6. The molecule has 0 saturated heterocycles. The van der Waals surface area contributed by atoms with Crippen LogP contribution in [0.4, 0.5) is 0 Å². The molecule has 0 aromatic heterocycles. The highest BCUT2D eigenvalue weighted by atomic mass is 15.0. The van der Waals surface area contributed by atoms with E-state index in [1.807, 2.05) is 4.81 Å². The van der Waals surface area contributed by atoms with Crippen LogP contribution in [0.1, 0.15) is 48.9 Å². The van der Waals surface area contributed by atoms with Crippen LogP contribution in [0.5, 0.6) is 0 Å². The Bertz CT molecular complexity index is 385. The van der Waals surface area contributed by atoms with Crippen molar-refractivity contribution in [2.24, 2.45) is 0 Å². The van der Waals surface area contributed by atoms with Gasteiger partial charge in [-0.3, -0.25) is 0 Å². The third kappa shape index (κ3) is 2.17. The second-order valence-corrected chi connectivity index (χ2v) is 5.05. The normalized spacial score (nSPS) is 16.5. The molecule has 0 unspecified atom stereocenters. The van der Waals surface area contributed by atoms with Crippen molar-refractivity contribution in [2.75, 3.05) is 6.54 Å². The maximum Gasteiger partial charge on any atom is 0.182 e. The molecule has 16 heavy (non-hydrogen) atoms. The third-order valence-electron chi connectivity index (χ3n) is 3.51. The van der Waals surface area contributed by atoms with E-state index in [0.717, 1.165) is 25.9 Å². The van der Waals surface area contributed by atoms with Crippen LogP contribution in [0.3, 0.4) is 0 Å². The minimum absolute atomic E-state index is 0.605. The molecule has 0 atom stereocenters. The van der Waals surface area contributed by atoms with Crippen LogP contribution in [0.2, 0.25) is 0 Å². The van der Waals surface area contributed by atoms with Crippen molar-refractivity contribution in [3.05, 3.63) is 34.4 Å². The van der Waals surface area contributed by atoms with Gasteiger partial charge in [-0.15, -0.1) is 0 Å². The number of nitrogens with zero attached hydrogens (tertiary/aromatic N) is 1. The Morgan fingerprint density at radius 1 is 1.31 bits per heavy atom. The zero-order chi connectivity index (χ0) is 11.7. The van der Waals surface area contributed by atoms with Crippen LogP contribution in [-0.2, 0) is 19.4 Å². The molecule has 0 spiro atoms. The molecule has 84 valence electrons. The molecular formula is C14H20BN. The summed E-state index contributed by atoms with van der Waals surface area (Å²) in [5.74, 6) is 0.605. The number of rotatable bonds is 2. The van der Waals surface area contributed by atoms with Crippen LogP contribution in [0, 0.1) is 0 Å². The topological polar surface area (TPSA) is 3.24 Å². The summed E-state index contributed by atoms with van der Waals surface area (Å²) >= 11 is 0. The lowest BCUT2D eigenvalue weighted by Crippen LogP contribution is -2.28. The Morgan fingerprint density at radius 3 is 2.69 bits per heavy atom. The van der Waals surface area contributed by atoms with E-state index in [-0.39, 0.29) is 0 Å². The number of fused-ring (bicyclic) bond motifs is 1. The van der Waals surface area contributed by atoms with Crippen molar-refractivity contribution in [1.82, 2.24) is 4.81 Å². The van der Waals surface area contributed by atoms with Gasteiger partial charge in [-0.25, -0.2) is 0 Å². The van der Waals surface area contributed by atoms with Crippen LogP contribution in [0.25, 0.3) is 0 Å². The van der Waals surface area contributed by atoms with Crippen LogP contribution in [0.15, 0.2) is 12.1 Å². The molecule has 0 fully saturated rings. The summed E-state index contributed by atoms with van der Waals surface area (Å²) in [5, 5.41) is 0. The fourth-order valence-corrected chi connectivity index (χ4v) is 2.54. The Morgan fingerprint density at radius 2 is 2.06 bits per heavy atom.